The van der Waals surface area contributed by atoms with E-state index in [0.717, 1.165) is 16.8 Å². The molecule has 0 atom stereocenters. The van der Waals surface area contributed by atoms with Crippen molar-refractivity contribution >= 4 is 21.7 Å². The van der Waals surface area contributed by atoms with E-state index in [9.17, 15) is 0 Å². The Labute approximate surface area is 93.7 Å². The summed E-state index contributed by atoms with van der Waals surface area (Å²) in [4.78, 5) is 10.4. The molecule has 0 saturated carbocycles. The Hall–Kier alpha value is -0.640. The van der Waals surface area contributed by atoms with Gasteiger partial charge in [0.05, 0.1) is 0 Å². The summed E-state index contributed by atoms with van der Waals surface area (Å²) in [5, 5.41) is 0. The molecule has 3 nitrogen and oxygen atoms in total. The third kappa shape index (κ3) is 2.44. The van der Waals surface area contributed by atoms with Crippen LogP contribution in [-0.4, -0.2) is 22.6 Å². The second-order valence-electron chi connectivity index (χ2n) is 3.92. The lowest BCUT2D eigenvalue weighted by atomic mass is 10.0. The summed E-state index contributed by atoms with van der Waals surface area (Å²) in [6.45, 7) is 6.57. The molecule has 0 aliphatic rings. The molecule has 0 saturated heterocycles. The fourth-order valence-electron chi connectivity index (χ4n) is 1.05. The third-order valence-electron chi connectivity index (χ3n) is 2.74. The highest BCUT2D eigenvalue weighted by Gasteiger charge is 2.22. The van der Waals surface area contributed by atoms with Crippen LogP contribution in [0.15, 0.2) is 17.0 Å². The fraction of sp³-hybridized carbons (Fsp3) is 0.600. The van der Waals surface area contributed by atoms with E-state index in [-0.39, 0.29) is 5.54 Å². The van der Waals surface area contributed by atoms with Crippen LogP contribution < -0.4 is 4.90 Å². The summed E-state index contributed by atoms with van der Waals surface area (Å²) >= 11 is 3.34. The molecule has 0 unspecified atom stereocenters. The lowest BCUT2D eigenvalue weighted by molar-refractivity contribution is 0.467. The highest BCUT2D eigenvalue weighted by molar-refractivity contribution is 9.10. The molecule has 0 spiro atoms. The number of halogens is 1. The van der Waals surface area contributed by atoms with Crippen molar-refractivity contribution in [1.82, 2.24) is 9.97 Å². The molecule has 0 amide bonds. The highest BCUT2D eigenvalue weighted by Crippen LogP contribution is 2.23. The Bertz CT molecular complexity index is 312. The van der Waals surface area contributed by atoms with Gasteiger partial charge in [-0.2, -0.15) is 0 Å². The van der Waals surface area contributed by atoms with Crippen LogP contribution in [0.5, 0.6) is 0 Å². The van der Waals surface area contributed by atoms with Gasteiger partial charge in [0.2, 0.25) is 0 Å². The molecular weight excluding hydrogens is 242 g/mol. The maximum atomic E-state index is 4.24. The lowest BCUT2D eigenvalue weighted by Gasteiger charge is -2.35. The normalized spacial score (nSPS) is 11.5. The second kappa shape index (κ2) is 4.26. The van der Waals surface area contributed by atoms with Gasteiger partial charge in [0.1, 0.15) is 16.7 Å². The van der Waals surface area contributed by atoms with Gasteiger partial charge in [0.15, 0.2) is 0 Å². The third-order valence-corrected chi connectivity index (χ3v) is 3.17. The molecule has 0 radical (unpaired) electrons. The second-order valence-corrected chi connectivity index (χ2v) is 4.74. The molecular formula is C10H16BrN3. The van der Waals surface area contributed by atoms with Crippen molar-refractivity contribution in [3.8, 4) is 0 Å². The number of nitrogens with zero attached hydrogens (tertiary/aromatic N) is 3. The Morgan fingerprint density at radius 3 is 2.57 bits per heavy atom. The number of anilines is 1. The van der Waals surface area contributed by atoms with Gasteiger partial charge < -0.3 is 4.90 Å². The molecule has 1 rings (SSSR count). The molecule has 1 aromatic rings. The Balaban J connectivity index is 2.94. The monoisotopic (exact) mass is 257 g/mol. The number of aromatic nitrogens is 2. The lowest BCUT2D eigenvalue weighted by Crippen LogP contribution is -2.41. The van der Waals surface area contributed by atoms with Crippen molar-refractivity contribution in [1.29, 1.82) is 0 Å². The zero-order valence-corrected chi connectivity index (χ0v) is 10.7. The van der Waals surface area contributed by atoms with Gasteiger partial charge in [-0.15, -0.1) is 0 Å². The van der Waals surface area contributed by atoms with Gasteiger partial charge in [-0.25, -0.2) is 9.97 Å². The molecule has 0 aliphatic carbocycles. The first-order valence-corrected chi connectivity index (χ1v) is 5.48. The van der Waals surface area contributed by atoms with Gasteiger partial charge in [-0.05, 0) is 36.2 Å². The Kier molecular flexibility index (Phi) is 3.48. The summed E-state index contributed by atoms with van der Waals surface area (Å²) in [5.41, 5.74) is 0.119. The summed E-state index contributed by atoms with van der Waals surface area (Å²) in [5.74, 6) is 0.943. The molecule has 1 heterocycles. The quantitative estimate of drug-likeness (QED) is 0.780. The van der Waals surface area contributed by atoms with Crippen molar-refractivity contribution in [2.24, 2.45) is 0 Å². The average molecular weight is 258 g/mol. The van der Waals surface area contributed by atoms with Gasteiger partial charge in [0.25, 0.3) is 0 Å². The molecule has 0 bridgehead atoms. The predicted octanol–water partition coefficient (Wildman–Crippen LogP) is 2.86. The van der Waals surface area contributed by atoms with Crippen LogP contribution >= 0.6 is 15.9 Å². The smallest absolute Gasteiger partial charge is 0.133 e. The zero-order chi connectivity index (χ0) is 10.8. The van der Waals surface area contributed by atoms with E-state index in [4.69, 9.17) is 0 Å². The van der Waals surface area contributed by atoms with Crippen molar-refractivity contribution in [3.63, 3.8) is 0 Å². The molecule has 0 N–H and O–H groups in total. The van der Waals surface area contributed by atoms with Crippen LogP contribution in [0.3, 0.4) is 0 Å². The summed E-state index contributed by atoms with van der Waals surface area (Å²) in [6.07, 6.45) is 2.65. The van der Waals surface area contributed by atoms with E-state index < -0.39 is 0 Å². The molecule has 0 aliphatic heterocycles. The molecule has 4 heteroatoms. The minimum Gasteiger partial charge on any atom is -0.354 e. The standard InChI is InChI=1S/C10H16BrN3/c1-5-10(2,3)14(4)9-6-8(11)12-7-13-9/h6-7H,5H2,1-4H3. The van der Waals surface area contributed by atoms with Crippen LogP contribution in [0.1, 0.15) is 27.2 Å². The van der Waals surface area contributed by atoms with Crippen LogP contribution in [0.25, 0.3) is 0 Å². The Morgan fingerprint density at radius 1 is 1.43 bits per heavy atom. The first-order chi connectivity index (χ1) is 6.47. The maximum Gasteiger partial charge on any atom is 0.133 e. The van der Waals surface area contributed by atoms with E-state index in [1.807, 2.05) is 6.07 Å². The fourth-order valence-corrected chi connectivity index (χ4v) is 1.35. The molecule has 14 heavy (non-hydrogen) atoms. The minimum atomic E-state index is 0.119. The van der Waals surface area contributed by atoms with E-state index in [0.29, 0.717) is 0 Å². The summed E-state index contributed by atoms with van der Waals surface area (Å²) in [7, 11) is 2.05. The van der Waals surface area contributed by atoms with Crippen LogP contribution in [0.4, 0.5) is 5.82 Å². The molecule has 1 aromatic heterocycles. The van der Waals surface area contributed by atoms with Gasteiger partial charge in [-0.1, -0.05) is 6.92 Å². The van der Waals surface area contributed by atoms with Crippen molar-refractivity contribution in [2.75, 3.05) is 11.9 Å². The van der Waals surface area contributed by atoms with Crippen LogP contribution in [0, 0.1) is 0 Å². The van der Waals surface area contributed by atoms with E-state index >= 15 is 0 Å². The van der Waals surface area contributed by atoms with E-state index in [2.05, 4.69) is 58.6 Å². The molecule has 0 fully saturated rings. The molecule has 78 valence electrons. The predicted molar refractivity (Wildman–Crippen MR) is 62.5 cm³/mol. The van der Waals surface area contributed by atoms with Gasteiger partial charge in [-0.3, -0.25) is 0 Å². The van der Waals surface area contributed by atoms with Gasteiger partial charge in [0, 0.05) is 18.7 Å². The highest BCUT2D eigenvalue weighted by atomic mass is 79.9. The minimum absolute atomic E-state index is 0.119. The van der Waals surface area contributed by atoms with E-state index in [1.54, 1.807) is 6.33 Å². The maximum absolute atomic E-state index is 4.24. The molecule has 0 aromatic carbocycles. The van der Waals surface area contributed by atoms with Crippen molar-refractivity contribution in [2.45, 2.75) is 32.7 Å². The number of hydrogen-bond donors (Lipinski definition) is 0. The van der Waals surface area contributed by atoms with Crippen LogP contribution in [-0.2, 0) is 0 Å². The average Bonchev–Trinajstić information content (AvgIpc) is 2.16. The van der Waals surface area contributed by atoms with Crippen LogP contribution in [0.2, 0.25) is 0 Å². The van der Waals surface area contributed by atoms with E-state index in [1.165, 1.54) is 0 Å². The number of rotatable bonds is 3. The zero-order valence-electron chi connectivity index (χ0n) is 9.08. The van der Waals surface area contributed by atoms with Gasteiger partial charge >= 0.3 is 0 Å². The largest absolute Gasteiger partial charge is 0.354 e. The summed E-state index contributed by atoms with van der Waals surface area (Å²) < 4.78 is 0.821. The SMILES string of the molecule is CCC(C)(C)N(C)c1cc(Br)ncn1. The van der Waals surface area contributed by atoms with Crippen molar-refractivity contribution < 1.29 is 0 Å². The summed E-state index contributed by atoms with van der Waals surface area (Å²) in [6, 6.07) is 1.93. The topological polar surface area (TPSA) is 29.0 Å². The Morgan fingerprint density at radius 2 is 2.07 bits per heavy atom. The first-order valence-electron chi connectivity index (χ1n) is 4.69. The van der Waals surface area contributed by atoms with Crippen molar-refractivity contribution in [3.05, 3.63) is 17.0 Å². The number of hydrogen-bond acceptors (Lipinski definition) is 3. The first kappa shape index (κ1) is 11.4.